The molecule has 2 aromatic heterocycles. The van der Waals surface area contributed by atoms with Crippen LogP contribution in [0.1, 0.15) is 19.4 Å². The van der Waals surface area contributed by atoms with Crippen molar-refractivity contribution in [3.63, 3.8) is 0 Å². The standard InChI is InChI=1S/C22H23N5O2/c1-22(2,29)15-26(14-16-9-5-3-6-10-16)21-24-19-18(20(28)25-21)13-23-27(19)17-11-7-4-8-12-17/h3-13,29H,14-15H2,1-2H3,(H,24,25,28). The summed E-state index contributed by atoms with van der Waals surface area (Å²) in [7, 11) is 0. The number of aromatic nitrogens is 4. The van der Waals surface area contributed by atoms with Crippen LogP contribution in [0, 0.1) is 0 Å². The van der Waals surface area contributed by atoms with Crippen LogP contribution < -0.4 is 10.5 Å². The fourth-order valence-electron chi connectivity index (χ4n) is 3.29. The van der Waals surface area contributed by atoms with Crippen LogP contribution in [-0.4, -0.2) is 37.0 Å². The van der Waals surface area contributed by atoms with E-state index in [-0.39, 0.29) is 5.56 Å². The van der Waals surface area contributed by atoms with E-state index in [1.807, 2.05) is 65.6 Å². The van der Waals surface area contributed by atoms with Crippen molar-refractivity contribution in [1.29, 1.82) is 0 Å². The summed E-state index contributed by atoms with van der Waals surface area (Å²) in [6.07, 6.45) is 1.52. The van der Waals surface area contributed by atoms with Gasteiger partial charge in [-0.2, -0.15) is 10.1 Å². The fourth-order valence-corrected chi connectivity index (χ4v) is 3.29. The maximum atomic E-state index is 12.7. The zero-order valence-corrected chi connectivity index (χ0v) is 16.4. The van der Waals surface area contributed by atoms with Gasteiger partial charge in [-0.05, 0) is 31.5 Å². The summed E-state index contributed by atoms with van der Waals surface area (Å²) in [5.41, 5.74) is 1.12. The third-order valence-electron chi connectivity index (χ3n) is 4.52. The summed E-state index contributed by atoms with van der Waals surface area (Å²) in [5, 5.41) is 15.2. The minimum absolute atomic E-state index is 0.263. The van der Waals surface area contributed by atoms with Crippen molar-refractivity contribution in [3.05, 3.63) is 82.8 Å². The van der Waals surface area contributed by atoms with Crippen molar-refractivity contribution in [2.45, 2.75) is 26.0 Å². The summed E-state index contributed by atoms with van der Waals surface area (Å²) in [4.78, 5) is 22.2. The number of hydrogen-bond donors (Lipinski definition) is 2. The van der Waals surface area contributed by atoms with E-state index in [9.17, 15) is 9.90 Å². The number of rotatable bonds is 6. The molecule has 0 fully saturated rings. The summed E-state index contributed by atoms with van der Waals surface area (Å²) < 4.78 is 1.65. The van der Waals surface area contributed by atoms with E-state index >= 15 is 0 Å². The van der Waals surface area contributed by atoms with Gasteiger partial charge in [-0.15, -0.1) is 0 Å². The van der Waals surface area contributed by atoms with Crippen LogP contribution in [-0.2, 0) is 6.54 Å². The third-order valence-corrected chi connectivity index (χ3v) is 4.52. The number of benzene rings is 2. The smallest absolute Gasteiger partial charge is 0.263 e. The second kappa shape index (κ2) is 7.52. The molecule has 7 heteroatoms. The zero-order valence-electron chi connectivity index (χ0n) is 16.4. The molecule has 0 bridgehead atoms. The van der Waals surface area contributed by atoms with Gasteiger partial charge >= 0.3 is 0 Å². The number of aromatic amines is 1. The van der Waals surface area contributed by atoms with Crippen LogP contribution in [0.4, 0.5) is 5.95 Å². The molecule has 2 aromatic carbocycles. The average molecular weight is 389 g/mol. The lowest BCUT2D eigenvalue weighted by atomic mass is 10.1. The number of fused-ring (bicyclic) bond motifs is 1. The molecule has 0 saturated carbocycles. The van der Waals surface area contributed by atoms with Crippen LogP contribution in [0.2, 0.25) is 0 Å². The molecule has 0 aliphatic heterocycles. The number of H-pyrrole nitrogens is 1. The Balaban J connectivity index is 1.81. The quantitative estimate of drug-likeness (QED) is 0.529. The third kappa shape index (κ3) is 4.20. The average Bonchev–Trinajstić information content (AvgIpc) is 3.12. The first-order chi connectivity index (χ1) is 13.9. The van der Waals surface area contributed by atoms with Gasteiger partial charge in [0.1, 0.15) is 5.39 Å². The monoisotopic (exact) mass is 389 g/mol. The molecule has 0 radical (unpaired) electrons. The molecule has 0 saturated heterocycles. The Morgan fingerprint density at radius 1 is 1.07 bits per heavy atom. The lowest BCUT2D eigenvalue weighted by molar-refractivity contribution is 0.0866. The van der Waals surface area contributed by atoms with Crippen molar-refractivity contribution < 1.29 is 5.11 Å². The summed E-state index contributed by atoms with van der Waals surface area (Å²) >= 11 is 0. The highest BCUT2D eigenvalue weighted by Crippen LogP contribution is 2.19. The van der Waals surface area contributed by atoms with Crippen molar-refractivity contribution in [3.8, 4) is 5.69 Å². The lowest BCUT2D eigenvalue weighted by Gasteiger charge is -2.29. The summed E-state index contributed by atoms with van der Waals surface area (Å²) in [5.74, 6) is 0.395. The topological polar surface area (TPSA) is 87.0 Å². The SMILES string of the molecule is CC(C)(O)CN(Cc1ccccc1)c1nc2c(cnn2-c2ccccc2)c(=O)[nH]1. The Morgan fingerprint density at radius 2 is 1.72 bits per heavy atom. The Morgan fingerprint density at radius 3 is 2.38 bits per heavy atom. The van der Waals surface area contributed by atoms with Crippen LogP contribution in [0.25, 0.3) is 16.7 Å². The molecular formula is C22H23N5O2. The maximum absolute atomic E-state index is 12.7. The van der Waals surface area contributed by atoms with E-state index in [4.69, 9.17) is 4.98 Å². The maximum Gasteiger partial charge on any atom is 0.263 e. The summed E-state index contributed by atoms with van der Waals surface area (Å²) in [6.45, 7) is 4.26. The van der Waals surface area contributed by atoms with E-state index < -0.39 is 5.60 Å². The molecule has 7 nitrogen and oxygen atoms in total. The second-order valence-electron chi connectivity index (χ2n) is 7.67. The Kier molecular flexibility index (Phi) is 4.90. The van der Waals surface area contributed by atoms with Crippen LogP contribution in [0.3, 0.4) is 0 Å². The molecule has 0 spiro atoms. The van der Waals surface area contributed by atoms with Crippen molar-refractivity contribution in [2.75, 3.05) is 11.4 Å². The molecule has 29 heavy (non-hydrogen) atoms. The number of nitrogens with zero attached hydrogens (tertiary/aromatic N) is 4. The number of anilines is 1. The number of nitrogens with one attached hydrogen (secondary N) is 1. The molecule has 4 aromatic rings. The molecule has 4 rings (SSSR count). The number of para-hydroxylation sites is 1. The number of aliphatic hydroxyl groups is 1. The van der Waals surface area contributed by atoms with Crippen molar-refractivity contribution >= 4 is 17.0 Å². The van der Waals surface area contributed by atoms with Crippen LogP contribution in [0.15, 0.2) is 71.7 Å². The fraction of sp³-hybridized carbons (Fsp3) is 0.227. The second-order valence-corrected chi connectivity index (χ2v) is 7.67. The molecule has 2 heterocycles. The van der Waals surface area contributed by atoms with Crippen molar-refractivity contribution in [1.82, 2.24) is 19.7 Å². The Labute approximate surface area is 168 Å². The van der Waals surface area contributed by atoms with E-state index in [1.54, 1.807) is 18.5 Å². The first-order valence-electron chi connectivity index (χ1n) is 9.45. The Hall–Kier alpha value is -3.45. The van der Waals surface area contributed by atoms with Gasteiger partial charge in [0, 0.05) is 13.1 Å². The highest BCUT2D eigenvalue weighted by atomic mass is 16.3. The van der Waals surface area contributed by atoms with Gasteiger partial charge < -0.3 is 10.0 Å². The number of hydrogen-bond acceptors (Lipinski definition) is 5. The molecule has 0 aliphatic carbocycles. The highest BCUT2D eigenvalue weighted by Gasteiger charge is 2.22. The summed E-state index contributed by atoms with van der Waals surface area (Å²) in [6, 6.07) is 19.4. The molecule has 0 atom stereocenters. The molecular weight excluding hydrogens is 366 g/mol. The minimum atomic E-state index is -0.970. The molecule has 0 amide bonds. The van der Waals surface area contributed by atoms with Gasteiger partial charge in [-0.3, -0.25) is 9.78 Å². The van der Waals surface area contributed by atoms with Crippen molar-refractivity contribution in [2.24, 2.45) is 0 Å². The molecule has 2 N–H and O–H groups in total. The van der Waals surface area contributed by atoms with Gasteiger partial charge in [-0.1, -0.05) is 48.5 Å². The molecule has 0 aliphatic rings. The van der Waals surface area contributed by atoms with E-state index in [2.05, 4.69) is 10.1 Å². The molecule has 148 valence electrons. The van der Waals surface area contributed by atoms with Gasteiger partial charge in [0.2, 0.25) is 5.95 Å². The predicted molar refractivity (Wildman–Crippen MR) is 113 cm³/mol. The van der Waals surface area contributed by atoms with E-state index in [0.29, 0.717) is 30.1 Å². The zero-order chi connectivity index (χ0) is 20.4. The first-order valence-corrected chi connectivity index (χ1v) is 9.45. The normalized spacial score (nSPS) is 11.7. The lowest BCUT2D eigenvalue weighted by Crippen LogP contribution is -2.40. The largest absolute Gasteiger partial charge is 0.389 e. The van der Waals surface area contributed by atoms with Gasteiger partial charge in [0.05, 0.1) is 17.5 Å². The predicted octanol–water partition coefficient (Wildman–Crippen LogP) is 2.89. The van der Waals surface area contributed by atoms with Crippen LogP contribution >= 0.6 is 0 Å². The van der Waals surface area contributed by atoms with Gasteiger partial charge in [0.25, 0.3) is 5.56 Å². The first kappa shape index (κ1) is 18.9. The molecule has 0 unspecified atom stereocenters. The highest BCUT2D eigenvalue weighted by molar-refractivity contribution is 5.76. The van der Waals surface area contributed by atoms with Crippen LogP contribution in [0.5, 0.6) is 0 Å². The minimum Gasteiger partial charge on any atom is -0.389 e. The van der Waals surface area contributed by atoms with E-state index in [1.165, 1.54) is 6.20 Å². The van der Waals surface area contributed by atoms with Gasteiger partial charge in [0.15, 0.2) is 5.65 Å². The van der Waals surface area contributed by atoms with Gasteiger partial charge in [-0.25, -0.2) is 4.68 Å². The Bertz CT molecular complexity index is 1160. The van der Waals surface area contributed by atoms with E-state index in [0.717, 1.165) is 11.3 Å².